The zero-order valence-electron chi connectivity index (χ0n) is 11.1. The molecule has 0 unspecified atom stereocenters. The summed E-state index contributed by atoms with van der Waals surface area (Å²) in [6, 6.07) is 10.5. The molecular formula is C15H14Cl2N2O2. The minimum Gasteiger partial charge on any atom is -0.396 e. The lowest BCUT2D eigenvalue weighted by atomic mass is 10.1. The van der Waals surface area contributed by atoms with Crippen molar-refractivity contribution in [1.29, 1.82) is 0 Å². The largest absolute Gasteiger partial charge is 0.396 e. The number of hydrogen-bond donors (Lipinski definition) is 2. The number of aryl methyl sites for hydroxylation is 1. The maximum absolute atomic E-state index is 12.2. The Hall–Kier alpha value is -1.62. The van der Waals surface area contributed by atoms with Crippen molar-refractivity contribution in [1.82, 2.24) is 4.98 Å². The van der Waals surface area contributed by atoms with E-state index in [9.17, 15) is 4.79 Å². The Kier molecular flexibility index (Phi) is 5.56. The lowest BCUT2D eigenvalue weighted by Crippen LogP contribution is -2.14. The van der Waals surface area contributed by atoms with Crippen molar-refractivity contribution in [3.8, 4) is 0 Å². The number of aliphatic hydroxyl groups excluding tert-OH is 1. The van der Waals surface area contributed by atoms with Crippen LogP contribution in [0.15, 0.2) is 36.4 Å². The highest BCUT2D eigenvalue weighted by molar-refractivity contribution is 6.35. The molecule has 0 saturated heterocycles. The van der Waals surface area contributed by atoms with Crippen molar-refractivity contribution in [3.63, 3.8) is 0 Å². The van der Waals surface area contributed by atoms with Crippen LogP contribution in [0.5, 0.6) is 0 Å². The number of aromatic nitrogens is 1. The number of nitrogens with zero attached hydrogens (tertiary/aromatic N) is 1. The summed E-state index contributed by atoms with van der Waals surface area (Å²) in [5.41, 5.74) is 1.77. The van der Waals surface area contributed by atoms with Gasteiger partial charge in [0.1, 0.15) is 10.8 Å². The van der Waals surface area contributed by atoms with E-state index in [2.05, 4.69) is 10.3 Å². The number of pyridine rings is 1. The summed E-state index contributed by atoms with van der Waals surface area (Å²) >= 11 is 11.7. The summed E-state index contributed by atoms with van der Waals surface area (Å²) in [6.07, 6.45) is 1.43. The first-order chi connectivity index (χ1) is 10.1. The number of amides is 1. The van der Waals surface area contributed by atoms with Gasteiger partial charge in [0.25, 0.3) is 5.91 Å². The molecule has 1 heterocycles. The number of aliphatic hydroxyl groups is 1. The van der Waals surface area contributed by atoms with Crippen molar-refractivity contribution < 1.29 is 9.90 Å². The quantitative estimate of drug-likeness (QED) is 0.826. The molecule has 110 valence electrons. The summed E-state index contributed by atoms with van der Waals surface area (Å²) in [6.45, 7) is 0.138. The molecule has 0 spiro atoms. The summed E-state index contributed by atoms with van der Waals surface area (Å²) in [7, 11) is 0. The Labute approximate surface area is 132 Å². The standard InChI is InChI=1S/C15H14Cl2N2O2/c16-12-6-7-13(17)19-14(12)15(21)18-11-5-1-3-10(9-11)4-2-8-20/h1,3,5-7,9,20H,2,4,8H2,(H,18,21). The van der Waals surface area contributed by atoms with Gasteiger partial charge >= 0.3 is 0 Å². The lowest BCUT2D eigenvalue weighted by Gasteiger charge is -2.08. The van der Waals surface area contributed by atoms with Gasteiger partial charge in [0, 0.05) is 12.3 Å². The molecule has 1 amide bonds. The van der Waals surface area contributed by atoms with E-state index in [0.717, 1.165) is 12.0 Å². The molecule has 0 atom stereocenters. The predicted molar refractivity (Wildman–Crippen MR) is 84.1 cm³/mol. The molecule has 2 rings (SSSR count). The van der Waals surface area contributed by atoms with Gasteiger partial charge in [-0.1, -0.05) is 35.3 Å². The van der Waals surface area contributed by atoms with Crippen molar-refractivity contribution in [2.24, 2.45) is 0 Å². The van der Waals surface area contributed by atoms with Crippen LogP contribution in [0, 0.1) is 0 Å². The van der Waals surface area contributed by atoms with Crippen LogP contribution in [-0.4, -0.2) is 22.6 Å². The average Bonchev–Trinajstić information content (AvgIpc) is 2.48. The molecule has 0 bridgehead atoms. The SMILES string of the molecule is O=C(Nc1cccc(CCCO)c1)c1nc(Cl)ccc1Cl. The second-order valence-corrected chi connectivity index (χ2v) is 5.24. The van der Waals surface area contributed by atoms with Gasteiger partial charge in [0.05, 0.1) is 5.02 Å². The Morgan fingerprint density at radius 3 is 2.81 bits per heavy atom. The molecular weight excluding hydrogens is 311 g/mol. The molecule has 0 saturated carbocycles. The van der Waals surface area contributed by atoms with Gasteiger partial charge in [-0.15, -0.1) is 0 Å². The molecule has 0 radical (unpaired) electrons. The molecule has 0 aliphatic carbocycles. The molecule has 0 aliphatic heterocycles. The fraction of sp³-hybridized carbons (Fsp3) is 0.200. The van der Waals surface area contributed by atoms with Gasteiger partial charge in [-0.25, -0.2) is 4.98 Å². The fourth-order valence-corrected chi connectivity index (χ4v) is 2.19. The number of anilines is 1. The molecule has 2 N–H and O–H groups in total. The Bertz CT molecular complexity index is 647. The predicted octanol–water partition coefficient (Wildman–Crippen LogP) is 3.57. The molecule has 4 nitrogen and oxygen atoms in total. The number of hydrogen-bond acceptors (Lipinski definition) is 3. The van der Waals surface area contributed by atoms with E-state index in [0.29, 0.717) is 12.1 Å². The Morgan fingerprint density at radius 2 is 2.05 bits per heavy atom. The van der Waals surface area contributed by atoms with Gasteiger partial charge < -0.3 is 10.4 Å². The second-order valence-electron chi connectivity index (χ2n) is 4.45. The number of carbonyl (C=O) groups is 1. The van der Waals surface area contributed by atoms with Gasteiger partial charge in [0.2, 0.25) is 0 Å². The summed E-state index contributed by atoms with van der Waals surface area (Å²) < 4.78 is 0. The van der Waals surface area contributed by atoms with Crippen LogP contribution >= 0.6 is 23.2 Å². The van der Waals surface area contributed by atoms with Crippen LogP contribution in [-0.2, 0) is 6.42 Å². The van der Waals surface area contributed by atoms with Crippen molar-refractivity contribution >= 4 is 34.8 Å². The summed E-state index contributed by atoms with van der Waals surface area (Å²) in [5.74, 6) is -0.415. The topological polar surface area (TPSA) is 62.2 Å². The maximum Gasteiger partial charge on any atom is 0.275 e. The van der Waals surface area contributed by atoms with E-state index in [4.69, 9.17) is 28.3 Å². The third-order valence-corrected chi connectivity index (χ3v) is 3.35. The minimum atomic E-state index is -0.415. The number of halogens is 2. The molecule has 21 heavy (non-hydrogen) atoms. The molecule has 0 fully saturated rings. The van der Waals surface area contributed by atoms with Crippen molar-refractivity contribution in [3.05, 3.63) is 57.8 Å². The first kappa shape index (κ1) is 15.8. The van der Waals surface area contributed by atoms with Crippen LogP contribution < -0.4 is 5.32 Å². The number of benzene rings is 1. The van der Waals surface area contributed by atoms with E-state index < -0.39 is 5.91 Å². The maximum atomic E-state index is 12.2. The zero-order chi connectivity index (χ0) is 15.2. The zero-order valence-corrected chi connectivity index (χ0v) is 12.7. The number of nitrogens with one attached hydrogen (secondary N) is 1. The highest BCUT2D eigenvalue weighted by atomic mass is 35.5. The average molecular weight is 325 g/mol. The Balaban J connectivity index is 2.14. The van der Waals surface area contributed by atoms with E-state index in [1.165, 1.54) is 12.1 Å². The van der Waals surface area contributed by atoms with Crippen LogP contribution in [0.25, 0.3) is 0 Å². The van der Waals surface area contributed by atoms with E-state index in [-0.39, 0.29) is 22.5 Å². The van der Waals surface area contributed by atoms with Gasteiger partial charge in [0.15, 0.2) is 0 Å². The smallest absolute Gasteiger partial charge is 0.275 e. The first-order valence-corrected chi connectivity index (χ1v) is 7.19. The monoisotopic (exact) mass is 324 g/mol. The normalized spacial score (nSPS) is 10.4. The summed E-state index contributed by atoms with van der Waals surface area (Å²) in [5, 5.41) is 12.0. The number of carbonyl (C=O) groups excluding carboxylic acids is 1. The highest BCUT2D eigenvalue weighted by Gasteiger charge is 2.13. The van der Waals surface area contributed by atoms with Gasteiger partial charge in [-0.05, 0) is 42.7 Å². The second kappa shape index (κ2) is 7.41. The minimum absolute atomic E-state index is 0.0879. The fourth-order valence-electron chi connectivity index (χ4n) is 1.86. The third kappa shape index (κ3) is 4.43. The lowest BCUT2D eigenvalue weighted by molar-refractivity contribution is 0.102. The van der Waals surface area contributed by atoms with E-state index in [1.807, 2.05) is 18.2 Å². The molecule has 1 aromatic heterocycles. The first-order valence-electron chi connectivity index (χ1n) is 6.43. The molecule has 0 aliphatic rings. The Morgan fingerprint density at radius 1 is 1.24 bits per heavy atom. The molecule has 1 aromatic carbocycles. The number of rotatable bonds is 5. The third-order valence-electron chi connectivity index (χ3n) is 2.84. The molecule has 6 heteroatoms. The van der Waals surface area contributed by atoms with Crippen LogP contribution in [0.1, 0.15) is 22.5 Å². The summed E-state index contributed by atoms with van der Waals surface area (Å²) in [4.78, 5) is 16.1. The van der Waals surface area contributed by atoms with Gasteiger partial charge in [-0.3, -0.25) is 4.79 Å². The highest BCUT2D eigenvalue weighted by Crippen LogP contribution is 2.19. The van der Waals surface area contributed by atoms with Crippen LogP contribution in [0.3, 0.4) is 0 Å². The van der Waals surface area contributed by atoms with Gasteiger partial charge in [-0.2, -0.15) is 0 Å². The van der Waals surface area contributed by atoms with Crippen molar-refractivity contribution in [2.45, 2.75) is 12.8 Å². The van der Waals surface area contributed by atoms with Crippen molar-refractivity contribution in [2.75, 3.05) is 11.9 Å². The molecule has 2 aromatic rings. The van der Waals surface area contributed by atoms with E-state index >= 15 is 0 Å². The van der Waals surface area contributed by atoms with E-state index in [1.54, 1.807) is 6.07 Å². The van der Waals surface area contributed by atoms with Crippen LogP contribution in [0.4, 0.5) is 5.69 Å². The van der Waals surface area contributed by atoms with Crippen LogP contribution in [0.2, 0.25) is 10.2 Å².